The number of hydrogen-bond acceptors (Lipinski definition) is 4. The van der Waals surface area contributed by atoms with E-state index in [1.165, 1.54) is 0 Å². The molecule has 1 heterocycles. The standard InChI is InChI=1S/C14H17ClN2OS/c15-12-4-2-11(3-5-12)13-10-19-14(17-13)6-8-16-7-1-9-18/h2-5,10,16,18H,1,6-9H2. The van der Waals surface area contributed by atoms with Gasteiger partial charge in [0.2, 0.25) is 0 Å². The number of halogens is 1. The van der Waals surface area contributed by atoms with Gasteiger partial charge in [-0.15, -0.1) is 11.3 Å². The SMILES string of the molecule is OCCCNCCc1nc(-c2ccc(Cl)cc2)cs1. The lowest BCUT2D eigenvalue weighted by molar-refractivity contribution is 0.286. The van der Waals surface area contributed by atoms with Crippen molar-refractivity contribution in [3.63, 3.8) is 0 Å². The number of hydrogen-bond donors (Lipinski definition) is 2. The van der Waals surface area contributed by atoms with Crippen molar-refractivity contribution in [2.75, 3.05) is 19.7 Å². The number of aromatic nitrogens is 1. The number of aliphatic hydroxyl groups excluding tert-OH is 1. The molecular weight excluding hydrogens is 280 g/mol. The highest BCUT2D eigenvalue weighted by Gasteiger charge is 2.04. The van der Waals surface area contributed by atoms with Gasteiger partial charge >= 0.3 is 0 Å². The Balaban J connectivity index is 1.86. The first-order valence-electron chi connectivity index (χ1n) is 6.31. The minimum atomic E-state index is 0.241. The molecule has 0 unspecified atom stereocenters. The zero-order chi connectivity index (χ0) is 13.5. The molecule has 0 bridgehead atoms. The molecule has 2 aromatic rings. The number of nitrogens with zero attached hydrogens (tertiary/aromatic N) is 1. The summed E-state index contributed by atoms with van der Waals surface area (Å²) in [4.78, 5) is 4.61. The van der Waals surface area contributed by atoms with E-state index in [1.807, 2.05) is 24.3 Å². The molecule has 1 aromatic heterocycles. The molecule has 3 nitrogen and oxygen atoms in total. The summed E-state index contributed by atoms with van der Waals surface area (Å²) < 4.78 is 0. The topological polar surface area (TPSA) is 45.1 Å². The largest absolute Gasteiger partial charge is 0.396 e. The zero-order valence-electron chi connectivity index (χ0n) is 10.6. The van der Waals surface area contributed by atoms with Gasteiger partial charge in [0.1, 0.15) is 0 Å². The van der Waals surface area contributed by atoms with Gasteiger partial charge in [-0.3, -0.25) is 0 Å². The predicted molar refractivity (Wildman–Crippen MR) is 80.8 cm³/mol. The second-order valence-electron chi connectivity index (χ2n) is 4.21. The van der Waals surface area contributed by atoms with Crippen LogP contribution in [0.1, 0.15) is 11.4 Å². The van der Waals surface area contributed by atoms with Gasteiger partial charge in [-0.05, 0) is 25.1 Å². The molecule has 0 atom stereocenters. The molecule has 1 aromatic carbocycles. The fraction of sp³-hybridized carbons (Fsp3) is 0.357. The van der Waals surface area contributed by atoms with Crippen molar-refractivity contribution in [1.29, 1.82) is 0 Å². The van der Waals surface area contributed by atoms with E-state index in [4.69, 9.17) is 16.7 Å². The lowest BCUT2D eigenvalue weighted by Crippen LogP contribution is -2.19. The van der Waals surface area contributed by atoms with E-state index < -0.39 is 0 Å². The molecule has 0 aliphatic carbocycles. The summed E-state index contributed by atoms with van der Waals surface area (Å²) in [6, 6.07) is 7.74. The number of aliphatic hydroxyl groups is 1. The van der Waals surface area contributed by atoms with Gasteiger partial charge in [0.25, 0.3) is 0 Å². The van der Waals surface area contributed by atoms with Gasteiger partial charge in [-0.1, -0.05) is 23.7 Å². The second-order valence-corrected chi connectivity index (χ2v) is 5.59. The van der Waals surface area contributed by atoms with Crippen LogP contribution in [0.3, 0.4) is 0 Å². The molecule has 2 N–H and O–H groups in total. The fourth-order valence-electron chi connectivity index (χ4n) is 1.70. The highest BCUT2D eigenvalue weighted by molar-refractivity contribution is 7.09. The van der Waals surface area contributed by atoms with Crippen molar-refractivity contribution in [3.8, 4) is 11.3 Å². The number of rotatable bonds is 7. The first-order valence-corrected chi connectivity index (χ1v) is 7.57. The van der Waals surface area contributed by atoms with Crippen LogP contribution in [0.4, 0.5) is 0 Å². The Labute approximate surface area is 122 Å². The van der Waals surface area contributed by atoms with Crippen molar-refractivity contribution in [1.82, 2.24) is 10.3 Å². The van der Waals surface area contributed by atoms with E-state index in [0.717, 1.165) is 47.2 Å². The van der Waals surface area contributed by atoms with E-state index in [-0.39, 0.29) is 6.61 Å². The summed E-state index contributed by atoms with van der Waals surface area (Å²) in [6.45, 7) is 1.99. The summed E-state index contributed by atoms with van der Waals surface area (Å²) in [5.41, 5.74) is 2.10. The zero-order valence-corrected chi connectivity index (χ0v) is 12.2. The van der Waals surface area contributed by atoms with Crippen LogP contribution >= 0.6 is 22.9 Å². The van der Waals surface area contributed by atoms with Crippen LogP contribution in [0.2, 0.25) is 5.02 Å². The van der Waals surface area contributed by atoms with Gasteiger partial charge in [0, 0.05) is 35.5 Å². The van der Waals surface area contributed by atoms with E-state index in [0.29, 0.717) is 0 Å². The van der Waals surface area contributed by atoms with E-state index in [1.54, 1.807) is 11.3 Å². The molecular formula is C14H17ClN2OS. The van der Waals surface area contributed by atoms with Crippen molar-refractivity contribution in [2.45, 2.75) is 12.8 Å². The number of nitrogens with one attached hydrogen (secondary N) is 1. The lowest BCUT2D eigenvalue weighted by Gasteiger charge is -2.00. The Morgan fingerprint density at radius 1 is 1.21 bits per heavy atom. The second kappa shape index (κ2) is 7.60. The minimum absolute atomic E-state index is 0.241. The molecule has 19 heavy (non-hydrogen) atoms. The molecule has 0 fully saturated rings. The quantitative estimate of drug-likeness (QED) is 0.772. The van der Waals surface area contributed by atoms with Crippen LogP contribution in [-0.4, -0.2) is 29.8 Å². The maximum Gasteiger partial charge on any atom is 0.0945 e. The van der Waals surface area contributed by atoms with Crippen LogP contribution in [0.25, 0.3) is 11.3 Å². The van der Waals surface area contributed by atoms with E-state index >= 15 is 0 Å². The molecule has 0 spiro atoms. The van der Waals surface area contributed by atoms with Crippen molar-refractivity contribution >= 4 is 22.9 Å². The fourth-order valence-corrected chi connectivity index (χ4v) is 2.64. The molecule has 5 heteroatoms. The van der Waals surface area contributed by atoms with Gasteiger partial charge in [-0.25, -0.2) is 4.98 Å². The molecule has 0 amide bonds. The molecule has 0 aliphatic rings. The summed E-state index contributed by atoms with van der Waals surface area (Å²) in [5.74, 6) is 0. The van der Waals surface area contributed by atoms with Crippen molar-refractivity contribution < 1.29 is 5.11 Å². The molecule has 0 radical (unpaired) electrons. The van der Waals surface area contributed by atoms with Crippen LogP contribution in [0.5, 0.6) is 0 Å². The Bertz CT molecular complexity index is 498. The van der Waals surface area contributed by atoms with Gasteiger partial charge < -0.3 is 10.4 Å². The molecule has 102 valence electrons. The van der Waals surface area contributed by atoms with Crippen LogP contribution in [-0.2, 0) is 6.42 Å². The summed E-state index contributed by atoms with van der Waals surface area (Å²) in [5, 5.41) is 15.9. The Morgan fingerprint density at radius 3 is 2.74 bits per heavy atom. The highest BCUT2D eigenvalue weighted by atomic mass is 35.5. The first-order chi connectivity index (χ1) is 9.29. The van der Waals surface area contributed by atoms with Crippen molar-refractivity contribution in [3.05, 3.63) is 39.7 Å². The van der Waals surface area contributed by atoms with Crippen molar-refractivity contribution in [2.24, 2.45) is 0 Å². The lowest BCUT2D eigenvalue weighted by atomic mass is 10.2. The number of benzene rings is 1. The minimum Gasteiger partial charge on any atom is -0.396 e. The maximum absolute atomic E-state index is 8.67. The van der Waals surface area contributed by atoms with Crippen LogP contribution < -0.4 is 5.32 Å². The first kappa shape index (κ1) is 14.5. The maximum atomic E-state index is 8.67. The van der Waals surface area contributed by atoms with E-state index in [2.05, 4.69) is 15.7 Å². The third kappa shape index (κ3) is 4.58. The van der Waals surface area contributed by atoms with Crippen LogP contribution in [0, 0.1) is 0 Å². The Hall–Kier alpha value is -0.940. The third-order valence-electron chi connectivity index (χ3n) is 2.72. The Morgan fingerprint density at radius 2 is 2.00 bits per heavy atom. The number of thiazole rings is 1. The average Bonchev–Trinajstić information content (AvgIpc) is 2.88. The molecule has 0 saturated carbocycles. The Kier molecular flexibility index (Phi) is 5.79. The normalized spacial score (nSPS) is 10.8. The molecule has 2 rings (SSSR count). The summed E-state index contributed by atoms with van der Waals surface area (Å²) in [7, 11) is 0. The van der Waals surface area contributed by atoms with Crippen LogP contribution in [0.15, 0.2) is 29.6 Å². The van der Waals surface area contributed by atoms with Gasteiger partial charge in [-0.2, -0.15) is 0 Å². The average molecular weight is 297 g/mol. The van der Waals surface area contributed by atoms with Gasteiger partial charge in [0.15, 0.2) is 0 Å². The summed E-state index contributed by atoms with van der Waals surface area (Å²) in [6.07, 6.45) is 1.72. The highest BCUT2D eigenvalue weighted by Crippen LogP contribution is 2.23. The predicted octanol–water partition coefficient (Wildman–Crippen LogP) is 2.98. The van der Waals surface area contributed by atoms with E-state index in [9.17, 15) is 0 Å². The molecule has 0 saturated heterocycles. The monoisotopic (exact) mass is 296 g/mol. The smallest absolute Gasteiger partial charge is 0.0945 e. The summed E-state index contributed by atoms with van der Waals surface area (Å²) >= 11 is 7.55. The van der Waals surface area contributed by atoms with Gasteiger partial charge in [0.05, 0.1) is 10.7 Å². The molecule has 0 aliphatic heterocycles. The third-order valence-corrected chi connectivity index (χ3v) is 3.88.